The molecule has 2 saturated heterocycles. The average molecular weight is 419 g/mol. The van der Waals surface area contributed by atoms with Gasteiger partial charge in [-0.15, -0.1) is 11.8 Å². The van der Waals surface area contributed by atoms with Gasteiger partial charge in [0.2, 0.25) is 0 Å². The first-order chi connectivity index (χ1) is 13.7. The molecule has 29 heavy (non-hydrogen) atoms. The third kappa shape index (κ3) is 3.11. The molecule has 9 nitrogen and oxygen atoms in total. The first kappa shape index (κ1) is 19.9. The molecule has 3 unspecified atom stereocenters. The molecule has 3 N–H and O–H groups in total. The number of nitrogens with zero attached hydrogens (tertiary/aromatic N) is 2. The first-order valence-corrected chi connectivity index (χ1v) is 10.2. The normalized spacial score (nSPS) is 27.3. The average Bonchev–Trinajstić information content (AvgIpc) is 3.16. The Morgan fingerprint density at radius 2 is 1.69 bits per heavy atom. The van der Waals surface area contributed by atoms with Crippen LogP contribution in [0.25, 0.3) is 0 Å². The summed E-state index contributed by atoms with van der Waals surface area (Å²) < 4.78 is -0.685. The number of benzene rings is 1. The standard InChI is InChI=1S/C19H21N3O6S/c1-21-8-6-19(7-9-21)13(18(27)28)20-14(29-19)12(17(25)26)22-15(23)10-4-2-3-5-11(10)16(22)24/h2-5,12-14,20H,6-9H2,1H3,(H,25,26)(H,27,28). The largest absolute Gasteiger partial charge is 0.480 e. The smallest absolute Gasteiger partial charge is 0.329 e. The summed E-state index contributed by atoms with van der Waals surface area (Å²) in [6.07, 6.45) is 1.15. The van der Waals surface area contributed by atoms with Crippen LogP contribution < -0.4 is 5.32 Å². The summed E-state index contributed by atoms with van der Waals surface area (Å²) in [7, 11) is 1.95. The molecule has 0 bridgehead atoms. The Balaban J connectivity index is 1.67. The molecule has 0 saturated carbocycles. The van der Waals surface area contributed by atoms with Crippen molar-refractivity contribution in [2.45, 2.75) is 35.0 Å². The molecule has 2 amide bonds. The summed E-state index contributed by atoms with van der Waals surface area (Å²) >= 11 is 1.23. The van der Waals surface area contributed by atoms with Crippen LogP contribution in [0.5, 0.6) is 0 Å². The van der Waals surface area contributed by atoms with Crippen molar-refractivity contribution in [1.29, 1.82) is 0 Å². The van der Waals surface area contributed by atoms with Crippen LogP contribution in [-0.4, -0.2) is 86.1 Å². The number of aliphatic carboxylic acids is 2. The Kier molecular flexibility index (Phi) is 4.88. The van der Waals surface area contributed by atoms with E-state index in [-0.39, 0.29) is 11.1 Å². The van der Waals surface area contributed by atoms with Crippen LogP contribution in [0.3, 0.4) is 0 Å². The van der Waals surface area contributed by atoms with Gasteiger partial charge in [-0.05, 0) is 45.1 Å². The fourth-order valence-corrected chi connectivity index (χ4v) is 6.16. The number of nitrogens with one attached hydrogen (secondary N) is 1. The maximum atomic E-state index is 12.8. The molecular weight excluding hydrogens is 398 g/mol. The van der Waals surface area contributed by atoms with E-state index in [1.54, 1.807) is 12.1 Å². The molecule has 10 heteroatoms. The Bertz CT molecular complexity index is 863. The van der Waals surface area contributed by atoms with Gasteiger partial charge in [0.05, 0.1) is 16.5 Å². The number of rotatable bonds is 4. The van der Waals surface area contributed by atoms with E-state index in [0.717, 1.165) is 4.90 Å². The van der Waals surface area contributed by atoms with Gasteiger partial charge in [0.25, 0.3) is 11.8 Å². The second kappa shape index (κ2) is 7.12. The highest BCUT2D eigenvalue weighted by atomic mass is 32.2. The minimum atomic E-state index is -1.51. The number of hydrogen-bond acceptors (Lipinski definition) is 7. The molecule has 0 aliphatic carbocycles. The lowest BCUT2D eigenvalue weighted by Gasteiger charge is -2.39. The number of likely N-dealkylation sites (tertiary alicyclic amines) is 1. The van der Waals surface area contributed by atoms with E-state index in [1.807, 2.05) is 7.05 Å². The zero-order chi connectivity index (χ0) is 20.9. The van der Waals surface area contributed by atoms with E-state index in [0.29, 0.717) is 25.9 Å². The predicted octanol–water partition coefficient (Wildman–Crippen LogP) is 0.316. The Morgan fingerprint density at radius 3 is 2.17 bits per heavy atom. The van der Waals surface area contributed by atoms with E-state index in [4.69, 9.17) is 0 Å². The van der Waals surface area contributed by atoms with E-state index in [9.17, 15) is 29.4 Å². The van der Waals surface area contributed by atoms with Gasteiger partial charge < -0.3 is 15.1 Å². The number of carbonyl (C=O) groups is 4. The molecule has 1 spiro atoms. The molecule has 0 aromatic heterocycles. The second-order valence-electron chi connectivity index (χ2n) is 7.65. The number of carboxylic acid groups (broad SMARTS) is 2. The second-order valence-corrected chi connectivity index (χ2v) is 9.21. The summed E-state index contributed by atoms with van der Waals surface area (Å²) in [5.74, 6) is -3.75. The van der Waals surface area contributed by atoms with E-state index < -0.39 is 46.0 Å². The third-order valence-electron chi connectivity index (χ3n) is 5.94. The Labute approximate surface area is 171 Å². The highest BCUT2D eigenvalue weighted by Gasteiger charge is 2.57. The number of thioether (sulfide) groups is 1. The van der Waals surface area contributed by atoms with E-state index in [2.05, 4.69) is 10.2 Å². The van der Waals surface area contributed by atoms with Crippen molar-refractivity contribution in [1.82, 2.24) is 15.1 Å². The maximum Gasteiger partial charge on any atom is 0.329 e. The Hall–Kier alpha value is -2.43. The molecule has 3 heterocycles. The number of hydrogen-bond donors (Lipinski definition) is 3. The van der Waals surface area contributed by atoms with Crippen molar-refractivity contribution in [3.05, 3.63) is 35.4 Å². The van der Waals surface area contributed by atoms with Crippen molar-refractivity contribution < 1.29 is 29.4 Å². The fourth-order valence-electron chi connectivity index (χ4n) is 4.36. The number of carbonyl (C=O) groups excluding carboxylic acids is 2. The van der Waals surface area contributed by atoms with Crippen LogP contribution in [0.2, 0.25) is 0 Å². The monoisotopic (exact) mass is 419 g/mol. The molecule has 3 aliphatic rings. The van der Waals surface area contributed by atoms with Gasteiger partial charge in [-0.25, -0.2) is 4.79 Å². The van der Waals surface area contributed by atoms with Gasteiger partial charge in [-0.2, -0.15) is 0 Å². The summed E-state index contributed by atoms with van der Waals surface area (Å²) in [5, 5.41) is 21.7. The minimum absolute atomic E-state index is 0.163. The van der Waals surface area contributed by atoms with Gasteiger partial charge >= 0.3 is 11.9 Å². The molecule has 1 aromatic carbocycles. The molecular formula is C19H21N3O6S. The van der Waals surface area contributed by atoms with Gasteiger partial charge in [0, 0.05) is 4.75 Å². The van der Waals surface area contributed by atoms with Crippen LogP contribution in [0.1, 0.15) is 33.6 Å². The van der Waals surface area contributed by atoms with Crippen molar-refractivity contribution >= 4 is 35.5 Å². The summed E-state index contributed by atoms with van der Waals surface area (Å²) in [5.41, 5.74) is 0.325. The quantitative estimate of drug-likeness (QED) is 0.591. The zero-order valence-corrected chi connectivity index (χ0v) is 16.5. The van der Waals surface area contributed by atoms with Crippen LogP contribution in [0.15, 0.2) is 24.3 Å². The molecule has 0 radical (unpaired) electrons. The molecule has 1 aromatic rings. The lowest BCUT2D eigenvalue weighted by Crippen LogP contribution is -2.56. The van der Waals surface area contributed by atoms with Crippen molar-refractivity contribution in [2.24, 2.45) is 0 Å². The lowest BCUT2D eigenvalue weighted by molar-refractivity contribution is -0.143. The summed E-state index contributed by atoms with van der Waals surface area (Å²) in [6.45, 7) is 1.38. The number of fused-ring (bicyclic) bond motifs is 1. The van der Waals surface area contributed by atoms with Crippen molar-refractivity contribution in [2.75, 3.05) is 20.1 Å². The van der Waals surface area contributed by atoms with Gasteiger partial charge in [0.15, 0.2) is 6.04 Å². The van der Waals surface area contributed by atoms with Crippen molar-refractivity contribution in [3.8, 4) is 0 Å². The Morgan fingerprint density at radius 1 is 1.14 bits per heavy atom. The third-order valence-corrected chi connectivity index (χ3v) is 7.70. The molecule has 3 aliphatic heterocycles. The molecule has 2 fully saturated rings. The highest BCUT2D eigenvalue weighted by Crippen LogP contribution is 2.48. The summed E-state index contributed by atoms with van der Waals surface area (Å²) in [4.78, 5) is 52.6. The molecule has 3 atom stereocenters. The fraction of sp³-hybridized carbons (Fsp3) is 0.474. The topological polar surface area (TPSA) is 127 Å². The molecule has 154 valence electrons. The van der Waals surface area contributed by atoms with Gasteiger partial charge in [-0.3, -0.25) is 24.6 Å². The lowest BCUT2D eigenvalue weighted by atomic mass is 9.88. The number of piperidine rings is 1. The van der Waals surface area contributed by atoms with E-state index in [1.165, 1.54) is 23.9 Å². The van der Waals surface area contributed by atoms with Crippen LogP contribution in [0.4, 0.5) is 0 Å². The van der Waals surface area contributed by atoms with Crippen LogP contribution in [0, 0.1) is 0 Å². The summed E-state index contributed by atoms with van der Waals surface area (Å²) in [6, 6.07) is 3.74. The van der Waals surface area contributed by atoms with Gasteiger partial charge in [0.1, 0.15) is 6.04 Å². The molecule has 4 rings (SSSR count). The minimum Gasteiger partial charge on any atom is -0.480 e. The highest BCUT2D eigenvalue weighted by molar-refractivity contribution is 8.01. The zero-order valence-electron chi connectivity index (χ0n) is 15.7. The first-order valence-electron chi connectivity index (χ1n) is 9.30. The van der Waals surface area contributed by atoms with Crippen molar-refractivity contribution in [3.63, 3.8) is 0 Å². The maximum absolute atomic E-state index is 12.8. The predicted molar refractivity (Wildman–Crippen MR) is 104 cm³/mol. The number of carboxylic acids is 2. The number of imide groups is 1. The SMILES string of the molecule is CN1CCC2(CC1)SC(C(C(=O)O)N1C(=O)c3ccccc3C1=O)NC2C(=O)O. The number of amides is 2. The van der Waals surface area contributed by atoms with E-state index >= 15 is 0 Å². The van der Waals surface area contributed by atoms with Crippen LogP contribution >= 0.6 is 11.8 Å². The van der Waals surface area contributed by atoms with Crippen LogP contribution in [-0.2, 0) is 9.59 Å². The van der Waals surface area contributed by atoms with Gasteiger partial charge in [-0.1, -0.05) is 12.1 Å².